The Bertz CT molecular complexity index is 796. The number of unbranched alkanes of at least 4 members (excludes halogenated alkanes) is 2. The van der Waals surface area contributed by atoms with E-state index in [0.29, 0.717) is 29.7 Å². The summed E-state index contributed by atoms with van der Waals surface area (Å²) in [4.78, 5) is 0. The van der Waals surface area contributed by atoms with Crippen molar-refractivity contribution in [1.82, 2.24) is 0 Å². The van der Waals surface area contributed by atoms with Crippen LogP contribution in [0.1, 0.15) is 84.9 Å². The van der Waals surface area contributed by atoms with Crippen LogP contribution in [-0.2, 0) is 6.42 Å². The summed E-state index contributed by atoms with van der Waals surface area (Å²) in [5, 5.41) is 10.8. The number of fused-ring (bicyclic) bond motifs is 3. The molecule has 0 saturated carbocycles. The monoisotopic (exact) mass is 320 g/mol. The van der Waals surface area contributed by atoms with E-state index in [-0.39, 0.29) is 5.75 Å². The lowest BCUT2D eigenvalue weighted by Gasteiger charge is -2.46. The van der Waals surface area contributed by atoms with Gasteiger partial charge in [0.1, 0.15) is 17.1 Å². The summed E-state index contributed by atoms with van der Waals surface area (Å²) in [5.74, 6) is -0.525. The number of aromatic hydroxyl groups is 1. The van der Waals surface area contributed by atoms with Crippen molar-refractivity contribution in [1.29, 1.82) is 0 Å². The summed E-state index contributed by atoms with van der Waals surface area (Å²) in [5.41, 5.74) is 0.288. The molecule has 2 heteroatoms. The maximum Gasteiger partial charge on any atom is 0.127 e. The highest BCUT2D eigenvalue weighted by molar-refractivity contribution is 5.53. The average molecular weight is 321 g/mol. The van der Waals surface area contributed by atoms with Crippen molar-refractivity contribution in [2.24, 2.45) is 5.92 Å². The molecule has 0 bridgehead atoms. The number of phenolic OH excluding ortho intramolecular Hbond substituents is 1. The van der Waals surface area contributed by atoms with Gasteiger partial charge in [-0.3, -0.25) is 0 Å². The minimum atomic E-state index is -2.38. The van der Waals surface area contributed by atoms with Gasteiger partial charge in [0.2, 0.25) is 0 Å². The number of rotatable bonds is 4. The Balaban J connectivity index is 2.12. The van der Waals surface area contributed by atoms with E-state index in [2.05, 4.69) is 6.92 Å². The highest BCUT2D eigenvalue weighted by Gasteiger charge is 2.45. The quantitative estimate of drug-likeness (QED) is 0.566. The highest BCUT2D eigenvalue weighted by Crippen LogP contribution is 2.53. The van der Waals surface area contributed by atoms with Crippen molar-refractivity contribution in [3.8, 4) is 11.5 Å². The molecule has 3 rings (SSSR count). The number of hydrogen-bond donors (Lipinski definition) is 1. The molecule has 0 fully saturated rings. The Kier molecular flexibility index (Phi) is 2.82. The van der Waals surface area contributed by atoms with Crippen molar-refractivity contribution >= 4 is 0 Å². The molecule has 3 unspecified atom stereocenters. The maximum atomic E-state index is 10.8. The van der Waals surface area contributed by atoms with Crippen LogP contribution in [0.3, 0.4) is 0 Å². The van der Waals surface area contributed by atoms with Crippen molar-refractivity contribution in [2.45, 2.75) is 77.6 Å². The van der Waals surface area contributed by atoms with Gasteiger partial charge in [0.05, 0.1) is 0 Å². The molecule has 1 heterocycles. The van der Waals surface area contributed by atoms with Gasteiger partial charge in [0.25, 0.3) is 0 Å². The first-order valence-electron chi connectivity index (χ1n) is 11.6. The van der Waals surface area contributed by atoms with Crippen LogP contribution < -0.4 is 4.74 Å². The summed E-state index contributed by atoms with van der Waals surface area (Å²) in [6, 6.07) is 3.53. The van der Waals surface area contributed by atoms with Gasteiger partial charge in [0.15, 0.2) is 0 Å². The van der Waals surface area contributed by atoms with E-state index >= 15 is 0 Å². The van der Waals surface area contributed by atoms with Crippen LogP contribution in [0.25, 0.3) is 0 Å². The lowest BCUT2D eigenvalue weighted by molar-refractivity contribution is 0.0107. The number of hydrogen-bond acceptors (Lipinski definition) is 2. The van der Waals surface area contributed by atoms with Gasteiger partial charge in [-0.2, -0.15) is 0 Å². The molecule has 1 N–H and O–H groups in total. The van der Waals surface area contributed by atoms with Crippen LogP contribution in [0.5, 0.6) is 11.5 Å². The van der Waals surface area contributed by atoms with E-state index in [1.807, 2.05) is 6.07 Å². The Morgan fingerprint density at radius 3 is 3.00 bits per heavy atom. The van der Waals surface area contributed by atoms with Crippen LogP contribution in [-0.4, -0.2) is 10.7 Å². The maximum absolute atomic E-state index is 10.8. The number of allylic oxidation sites excluding steroid dienone is 2. The third-order valence-electron chi connectivity index (χ3n) is 5.15. The Morgan fingerprint density at radius 1 is 1.39 bits per heavy atom. The van der Waals surface area contributed by atoms with Crippen LogP contribution in [0, 0.1) is 5.92 Å². The van der Waals surface area contributed by atoms with Crippen molar-refractivity contribution in [3.05, 3.63) is 34.9 Å². The molecule has 126 valence electrons. The first-order valence-corrected chi connectivity index (χ1v) is 8.64. The van der Waals surface area contributed by atoms with E-state index in [0.717, 1.165) is 31.2 Å². The number of ether oxygens (including phenoxy) is 1. The number of benzene rings is 1. The minimum Gasteiger partial charge on any atom is -0.507 e. The minimum absolute atomic E-state index is 0.0552. The van der Waals surface area contributed by atoms with Gasteiger partial charge in [-0.25, -0.2) is 0 Å². The van der Waals surface area contributed by atoms with E-state index in [9.17, 15) is 5.11 Å². The van der Waals surface area contributed by atoms with Crippen LogP contribution in [0.2, 0.25) is 0 Å². The van der Waals surface area contributed by atoms with Crippen molar-refractivity contribution < 1.29 is 18.1 Å². The van der Waals surface area contributed by atoms with Crippen LogP contribution >= 0.6 is 0 Å². The van der Waals surface area contributed by atoms with Gasteiger partial charge >= 0.3 is 0 Å². The molecule has 1 aromatic rings. The first kappa shape index (κ1) is 10.4. The SMILES string of the molecule is [2H]C([2H])([2H])C1=CC2c3c(O)cc(CCCCC)cc3OC(C)(C([2H])([2H])[2H])C2CC1. The Hall–Kier alpha value is -1.44. The zero-order chi connectivity index (χ0) is 21.6. The third-order valence-corrected chi connectivity index (χ3v) is 5.15. The summed E-state index contributed by atoms with van der Waals surface area (Å²) in [6.07, 6.45) is 6.24. The van der Waals surface area contributed by atoms with Crippen molar-refractivity contribution in [2.75, 3.05) is 0 Å². The van der Waals surface area contributed by atoms with E-state index < -0.39 is 31.1 Å². The molecule has 0 amide bonds. The zero-order valence-corrected chi connectivity index (χ0v) is 14.0. The van der Waals surface area contributed by atoms with Gasteiger partial charge in [-0.15, -0.1) is 0 Å². The molecule has 3 atom stereocenters. The van der Waals surface area contributed by atoms with Gasteiger partial charge in [-0.05, 0) is 64.0 Å². The first-order chi connectivity index (χ1) is 13.4. The van der Waals surface area contributed by atoms with Gasteiger partial charge < -0.3 is 9.84 Å². The van der Waals surface area contributed by atoms with E-state index in [1.54, 1.807) is 19.1 Å². The fourth-order valence-electron chi connectivity index (χ4n) is 3.92. The molecule has 0 spiro atoms. The molecule has 2 aliphatic rings. The van der Waals surface area contributed by atoms with Crippen molar-refractivity contribution in [3.63, 3.8) is 0 Å². The van der Waals surface area contributed by atoms with Gasteiger partial charge in [-0.1, -0.05) is 31.4 Å². The molecule has 2 nitrogen and oxygen atoms in total. The Morgan fingerprint density at radius 2 is 2.26 bits per heavy atom. The molecule has 1 aliphatic carbocycles. The molecule has 1 aromatic carbocycles. The zero-order valence-electron chi connectivity index (χ0n) is 20.0. The normalized spacial score (nSPS) is 34.3. The molecule has 0 radical (unpaired) electrons. The van der Waals surface area contributed by atoms with Gasteiger partial charge in [0, 0.05) is 25.6 Å². The van der Waals surface area contributed by atoms with Crippen LogP contribution in [0.15, 0.2) is 23.8 Å². The van der Waals surface area contributed by atoms with Crippen LogP contribution in [0.4, 0.5) is 0 Å². The lowest BCUT2D eigenvalue weighted by Crippen LogP contribution is -2.45. The average Bonchev–Trinajstić information content (AvgIpc) is 2.59. The number of aryl methyl sites for hydroxylation is 1. The second kappa shape index (κ2) is 6.22. The molecule has 0 saturated heterocycles. The molecule has 1 aliphatic heterocycles. The topological polar surface area (TPSA) is 29.5 Å². The standard InChI is InChI=1S/C21H30O2/c1-5-6-7-8-15-12-18(22)20-16-11-14(2)9-10-17(16)21(3,4)23-19(20)13-15/h11-13,16-17,22H,5-10H2,1-4H3/i2D3,3D3. The predicted octanol–water partition coefficient (Wildman–Crippen LogP) is 5.74. The fraction of sp³-hybridized carbons (Fsp3) is 0.619. The second-order valence-corrected chi connectivity index (χ2v) is 7.06. The third kappa shape index (κ3) is 3.13. The summed E-state index contributed by atoms with van der Waals surface area (Å²) in [7, 11) is 0. The second-order valence-electron chi connectivity index (χ2n) is 7.06. The summed E-state index contributed by atoms with van der Waals surface area (Å²) < 4.78 is 53.8. The predicted molar refractivity (Wildman–Crippen MR) is 95.3 cm³/mol. The Labute approximate surface area is 149 Å². The largest absolute Gasteiger partial charge is 0.507 e. The molecular weight excluding hydrogens is 284 g/mol. The molecule has 23 heavy (non-hydrogen) atoms. The number of phenols is 1. The molecular formula is C21H30O2. The smallest absolute Gasteiger partial charge is 0.127 e. The molecule has 0 aromatic heterocycles. The highest BCUT2D eigenvalue weighted by atomic mass is 16.5. The summed E-state index contributed by atoms with van der Waals surface area (Å²) >= 11 is 0. The lowest BCUT2D eigenvalue weighted by atomic mass is 9.68. The fourth-order valence-corrected chi connectivity index (χ4v) is 3.92. The summed E-state index contributed by atoms with van der Waals surface area (Å²) in [6.45, 7) is -0.898. The van der Waals surface area contributed by atoms with E-state index in [1.165, 1.54) is 0 Å². The van der Waals surface area contributed by atoms with E-state index in [4.69, 9.17) is 13.0 Å².